The molecule has 2 aromatic carbocycles. The number of amides is 1. The standard InChI is InChI=1S/C19H20N2O6S/c1-19(2,28-15-11-7-6-10-14(15)21(25)26)16(17(22)23)20-18(24)27-12-13-8-4-3-5-9-13/h3-11,16H,12H2,1-2H3,(H,20,24)(H,22,23)/t16-/m1/s1. The van der Waals surface area contributed by atoms with Crippen molar-refractivity contribution in [3.63, 3.8) is 0 Å². The molecular weight excluding hydrogens is 384 g/mol. The van der Waals surface area contributed by atoms with Crippen molar-refractivity contribution in [2.24, 2.45) is 0 Å². The Bertz CT molecular complexity index is 857. The maximum Gasteiger partial charge on any atom is 0.408 e. The molecule has 0 bridgehead atoms. The fraction of sp³-hybridized carbons (Fsp3) is 0.263. The highest BCUT2D eigenvalue weighted by Gasteiger charge is 2.39. The number of rotatable bonds is 8. The molecule has 1 amide bonds. The molecule has 2 rings (SSSR count). The Morgan fingerprint density at radius 1 is 1.18 bits per heavy atom. The number of nitro groups is 1. The molecule has 0 heterocycles. The number of nitrogens with one attached hydrogen (secondary N) is 1. The minimum absolute atomic E-state index is 0.00323. The molecular formula is C19H20N2O6S. The van der Waals surface area contributed by atoms with E-state index in [0.29, 0.717) is 4.90 Å². The number of alkyl carbamates (subject to hydrolysis) is 1. The van der Waals surface area contributed by atoms with Crippen molar-refractivity contribution in [2.45, 2.75) is 36.1 Å². The van der Waals surface area contributed by atoms with Gasteiger partial charge in [0, 0.05) is 10.8 Å². The second-order valence-electron chi connectivity index (χ2n) is 6.41. The van der Waals surface area contributed by atoms with Gasteiger partial charge in [-0.25, -0.2) is 9.59 Å². The summed E-state index contributed by atoms with van der Waals surface area (Å²) < 4.78 is 3.99. The summed E-state index contributed by atoms with van der Waals surface area (Å²) in [6, 6.07) is 13.7. The van der Waals surface area contributed by atoms with Crippen molar-refractivity contribution in [2.75, 3.05) is 0 Å². The van der Waals surface area contributed by atoms with Crippen LogP contribution in [0.5, 0.6) is 0 Å². The van der Waals surface area contributed by atoms with Gasteiger partial charge in [-0.05, 0) is 25.5 Å². The Morgan fingerprint density at radius 2 is 1.79 bits per heavy atom. The molecule has 0 aromatic heterocycles. The Balaban J connectivity index is 2.10. The van der Waals surface area contributed by atoms with Gasteiger partial charge in [0.1, 0.15) is 12.6 Å². The van der Waals surface area contributed by atoms with Crippen molar-refractivity contribution in [1.82, 2.24) is 5.32 Å². The number of carboxylic acid groups (broad SMARTS) is 1. The van der Waals surface area contributed by atoms with Crippen LogP contribution >= 0.6 is 11.8 Å². The van der Waals surface area contributed by atoms with Crippen molar-refractivity contribution < 1.29 is 24.4 Å². The quantitative estimate of drug-likeness (QED) is 0.390. The first-order chi connectivity index (χ1) is 13.2. The second-order valence-corrected chi connectivity index (χ2v) is 8.10. The third-order valence-electron chi connectivity index (χ3n) is 3.85. The zero-order valence-electron chi connectivity index (χ0n) is 15.3. The van der Waals surface area contributed by atoms with Crippen LogP contribution in [0.3, 0.4) is 0 Å². The summed E-state index contributed by atoms with van der Waals surface area (Å²) in [6.45, 7) is 3.17. The first kappa shape index (κ1) is 21.2. The molecule has 0 radical (unpaired) electrons. The third-order valence-corrected chi connectivity index (χ3v) is 5.18. The lowest BCUT2D eigenvalue weighted by Gasteiger charge is -2.30. The monoisotopic (exact) mass is 404 g/mol. The summed E-state index contributed by atoms with van der Waals surface area (Å²) in [5, 5.41) is 23.1. The lowest BCUT2D eigenvalue weighted by molar-refractivity contribution is -0.387. The van der Waals surface area contributed by atoms with E-state index in [-0.39, 0.29) is 12.3 Å². The Kier molecular flexibility index (Phi) is 7.00. The van der Waals surface area contributed by atoms with E-state index in [4.69, 9.17) is 4.74 Å². The molecule has 0 spiro atoms. The van der Waals surface area contributed by atoms with Crippen molar-refractivity contribution >= 4 is 29.5 Å². The molecule has 2 aromatic rings. The Hall–Kier alpha value is -3.07. The summed E-state index contributed by atoms with van der Waals surface area (Å²) in [7, 11) is 0. The van der Waals surface area contributed by atoms with Crippen molar-refractivity contribution in [1.29, 1.82) is 0 Å². The SMILES string of the molecule is CC(C)(Sc1ccccc1[N+](=O)[O-])[C@H](NC(=O)OCc1ccccc1)C(=O)O. The minimum Gasteiger partial charge on any atom is -0.480 e. The number of benzene rings is 2. The van der Waals surface area contributed by atoms with Crippen molar-refractivity contribution in [3.8, 4) is 0 Å². The summed E-state index contributed by atoms with van der Waals surface area (Å²) in [5.41, 5.74) is 0.634. The maximum atomic E-state index is 12.1. The van der Waals surface area contributed by atoms with E-state index < -0.39 is 27.8 Å². The van der Waals surface area contributed by atoms with E-state index in [1.807, 2.05) is 6.07 Å². The van der Waals surface area contributed by atoms with Crippen LogP contribution in [0.15, 0.2) is 59.5 Å². The number of hydrogen-bond donors (Lipinski definition) is 2. The van der Waals surface area contributed by atoms with E-state index >= 15 is 0 Å². The minimum atomic E-state index is -1.33. The molecule has 2 N–H and O–H groups in total. The fourth-order valence-corrected chi connectivity index (χ4v) is 3.69. The number of nitrogens with zero attached hydrogens (tertiary/aromatic N) is 1. The van der Waals surface area contributed by atoms with Crippen LogP contribution in [0.25, 0.3) is 0 Å². The van der Waals surface area contributed by atoms with Crippen LogP contribution in [0.2, 0.25) is 0 Å². The van der Waals surface area contributed by atoms with Crippen LogP contribution < -0.4 is 5.32 Å². The number of ether oxygens (including phenoxy) is 1. The summed E-state index contributed by atoms with van der Waals surface area (Å²) >= 11 is 1.00. The van der Waals surface area contributed by atoms with Crippen LogP contribution in [0.4, 0.5) is 10.5 Å². The van der Waals surface area contributed by atoms with Gasteiger partial charge in [-0.2, -0.15) is 0 Å². The topological polar surface area (TPSA) is 119 Å². The van der Waals surface area contributed by atoms with Gasteiger partial charge in [-0.1, -0.05) is 42.5 Å². The molecule has 0 fully saturated rings. The number of nitro benzene ring substituents is 1. The molecule has 0 saturated heterocycles. The summed E-state index contributed by atoms with van der Waals surface area (Å²) in [5.74, 6) is -1.27. The molecule has 1 atom stereocenters. The molecule has 148 valence electrons. The van der Waals surface area contributed by atoms with Crippen LogP contribution in [-0.2, 0) is 16.1 Å². The van der Waals surface area contributed by atoms with Gasteiger partial charge in [-0.15, -0.1) is 11.8 Å². The zero-order valence-corrected chi connectivity index (χ0v) is 16.1. The van der Waals surface area contributed by atoms with Gasteiger partial charge in [0.15, 0.2) is 0 Å². The molecule has 0 aliphatic heterocycles. The van der Waals surface area contributed by atoms with E-state index in [1.165, 1.54) is 18.2 Å². The van der Waals surface area contributed by atoms with E-state index in [1.54, 1.807) is 44.2 Å². The average molecular weight is 404 g/mol. The third kappa shape index (κ3) is 5.71. The zero-order chi connectivity index (χ0) is 20.7. The van der Waals surface area contributed by atoms with E-state index in [0.717, 1.165) is 17.3 Å². The Morgan fingerprint density at radius 3 is 2.39 bits per heavy atom. The predicted octanol–water partition coefficient (Wildman–Crippen LogP) is 3.85. The van der Waals surface area contributed by atoms with Gasteiger partial charge in [-0.3, -0.25) is 10.1 Å². The highest BCUT2D eigenvalue weighted by atomic mass is 32.2. The lowest BCUT2D eigenvalue weighted by atomic mass is 10.0. The Labute approximate surface area is 166 Å². The number of carbonyl (C=O) groups excluding carboxylic acids is 1. The van der Waals surface area contributed by atoms with Gasteiger partial charge in [0.05, 0.1) is 9.82 Å². The number of thioether (sulfide) groups is 1. The number of carboxylic acids is 1. The van der Waals surface area contributed by atoms with Crippen LogP contribution in [0.1, 0.15) is 19.4 Å². The molecule has 0 saturated carbocycles. The van der Waals surface area contributed by atoms with Gasteiger partial charge >= 0.3 is 12.1 Å². The van der Waals surface area contributed by atoms with Gasteiger partial charge in [0.2, 0.25) is 0 Å². The molecule has 0 aliphatic rings. The van der Waals surface area contributed by atoms with Crippen LogP contribution in [-0.4, -0.2) is 32.9 Å². The van der Waals surface area contributed by atoms with E-state index in [2.05, 4.69) is 5.32 Å². The summed E-state index contributed by atoms with van der Waals surface area (Å²) in [6.07, 6.45) is -0.882. The van der Waals surface area contributed by atoms with Crippen LogP contribution in [0, 0.1) is 10.1 Å². The highest BCUT2D eigenvalue weighted by molar-refractivity contribution is 8.00. The molecule has 9 heteroatoms. The fourth-order valence-electron chi connectivity index (χ4n) is 2.45. The first-order valence-corrected chi connectivity index (χ1v) is 9.15. The molecule has 0 unspecified atom stereocenters. The molecule has 8 nitrogen and oxygen atoms in total. The average Bonchev–Trinajstić information content (AvgIpc) is 2.64. The van der Waals surface area contributed by atoms with Gasteiger partial charge < -0.3 is 15.2 Å². The molecule has 0 aliphatic carbocycles. The second kappa shape index (κ2) is 9.23. The predicted molar refractivity (Wildman–Crippen MR) is 104 cm³/mol. The largest absolute Gasteiger partial charge is 0.480 e. The number of para-hydroxylation sites is 1. The number of aliphatic carboxylic acids is 1. The smallest absolute Gasteiger partial charge is 0.408 e. The number of carbonyl (C=O) groups is 2. The van der Waals surface area contributed by atoms with Crippen molar-refractivity contribution in [3.05, 3.63) is 70.3 Å². The summed E-state index contributed by atoms with van der Waals surface area (Å²) in [4.78, 5) is 34.8. The number of hydrogen-bond acceptors (Lipinski definition) is 6. The van der Waals surface area contributed by atoms with Gasteiger partial charge in [0.25, 0.3) is 5.69 Å². The molecule has 28 heavy (non-hydrogen) atoms. The van der Waals surface area contributed by atoms with E-state index in [9.17, 15) is 24.8 Å². The lowest BCUT2D eigenvalue weighted by Crippen LogP contribution is -2.52. The highest BCUT2D eigenvalue weighted by Crippen LogP contribution is 2.39. The maximum absolute atomic E-state index is 12.1. The first-order valence-electron chi connectivity index (χ1n) is 8.33. The normalized spacial score (nSPS) is 12.1.